The fourth-order valence-electron chi connectivity index (χ4n) is 9.21. The van der Waals surface area contributed by atoms with Crippen LogP contribution in [0.2, 0.25) is 0 Å². The number of benzene rings is 4. The summed E-state index contributed by atoms with van der Waals surface area (Å²) >= 11 is 0. The molecule has 0 aromatic heterocycles. The molecule has 3 aliphatic heterocycles. The highest BCUT2D eigenvalue weighted by Gasteiger charge is 2.40. The third kappa shape index (κ3) is 13.0. The Bertz CT molecular complexity index is 2950. The SMILES string of the molecule is O=C(O)CCC(=O)N[C@H](CC(=O)O)C(=O)NCCCOc1cccc2c(OCCCC(=O)N3CCC(C(=O)NCCN4C(=O)c5ccc6c7c(ccc(c57)C4=O)C(=O)N(CCC(=O)NCC(=O)O)C6=O)CC3)cccc12. The van der Waals surface area contributed by atoms with Crippen LogP contribution >= 0.6 is 0 Å². The van der Waals surface area contributed by atoms with E-state index in [1.54, 1.807) is 29.2 Å². The van der Waals surface area contributed by atoms with Crippen LogP contribution in [0.1, 0.15) is 99.2 Å². The molecule has 400 valence electrons. The van der Waals surface area contributed by atoms with Crippen LogP contribution in [-0.4, -0.2) is 166 Å². The number of carbonyl (C=O) groups is 12. The molecule has 0 unspecified atom stereocenters. The van der Waals surface area contributed by atoms with Crippen molar-refractivity contribution in [1.29, 1.82) is 0 Å². The van der Waals surface area contributed by atoms with Gasteiger partial charge in [-0.2, -0.15) is 0 Å². The second kappa shape index (κ2) is 24.8. The first-order chi connectivity index (χ1) is 36.4. The zero-order valence-electron chi connectivity index (χ0n) is 41.1. The predicted molar refractivity (Wildman–Crippen MR) is 265 cm³/mol. The molecule has 1 fully saturated rings. The monoisotopic (exact) mass is 1050 g/mol. The van der Waals surface area contributed by atoms with Gasteiger partial charge in [0.25, 0.3) is 23.6 Å². The summed E-state index contributed by atoms with van der Waals surface area (Å²) in [5, 5.41) is 38.4. The maximum atomic E-state index is 13.7. The summed E-state index contributed by atoms with van der Waals surface area (Å²) in [7, 11) is 0. The molecule has 1 saturated heterocycles. The number of likely N-dealkylation sites (tertiary alicyclic amines) is 1. The molecular formula is C52H55N7O17. The fraction of sp³-hybridized carbons (Fsp3) is 0.385. The highest BCUT2D eigenvalue weighted by atomic mass is 16.5. The Morgan fingerprint density at radius 3 is 1.63 bits per heavy atom. The molecule has 0 radical (unpaired) electrons. The zero-order chi connectivity index (χ0) is 54.6. The van der Waals surface area contributed by atoms with E-state index in [2.05, 4.69) is 21.3 Å². The number of amides is 9. The van der Waals surface area contributed by atoms with Gasteiger partial charge in [0.2, 0.25) is 29.5 Å². The van der Waals surface area contributed by atoms with Crippen molar-refractivity contribution in [3.63, 3.8) is 0 Å². The summed E-state index contributed by atoms with van der Waals surface area (Å²) in [4.78, 5) is 154. The maximum Gasteiger partial charge on any atom is 0.322 e. The van der Waals surface area contributed by atoms with E-state index >= 15 is 0 Å². The van der Waals surface area contributed by atoms with E-state index in [0.717, 1.165) is 20.6 Å². The number of imide groups is 2. The lowest BCUT2D eigenvalue weighted by atomic mass is 9.86. The van der Waals surface area contributed by atoms with Crippen molar-refractivity contribution in [3.8, 4) is 11.5 Å². The molecule has 24 nitrogen and oxygen atoms in total. The van der Waals surface area contributed by atoms with E-state index < -0.39 is 97.0 Å². The van der Waals surface area contributed by atoms with Crippen LogP contribution in [0.3, 0.4) is 0 Å². The lowest BCUT2D eigenvalue weighted by Gasteiger charge is -2.32. The number of nitrogens with one attached hydrogen (secondary N) is 4. The van der Waals surface area contributed by atoms with Gasteiger partial charge in [-0.3, -0.25) is 67.3 Å². The van der Waals surface area contributed by atoms with Crippen molar-refractivity contribution in [2.75, 3.05) is 59.0 Å². The first-order valence-electron chi connectivity index (χ1n) is 24.6. The van der Waals surface area contributed by atoms with Crippen LogP contribution in [0, 0.1) is 5.92 Å². The van der Waals surface area contributed by atoms with E-state index in [9.17, 15) is 62.6 Å². The maximum absolute atomic E-state index is 13.7. The van der Waals surface area contributed by atoms with Crippen molar-refractivity contribution >= 4 is 92.6 Å². The molecule has 76 heavy (non-hydrogen) atoms. The lowest BCUT2D eigenvalue weighted by molar-refractivity contribution is -0.141. The average Bonchev–Trinajstić information content (AvgIpc) is 3.47. The normalized spacial score (nSPS) is 14.6. The Morgan fingerprint density at radius 2 is 1.11 bits per heavy atom. The van der Waals surface area contributed by atoms with Crippen LogP contribution in [0.5, 0.6) is 11.5 Å². The summed E-state index contributed by atoms with van der Waals surface area (Å²) in [6.07, 6.45) is -0.124. The molecule has 0 bridgehead atoms. The number of carbonyl (C=O) groups excluding carboxylic acids is 9. The van der Waals surface area contributed by atoms with Crippen molar-refractivity contribution < 1.29 is 82.3 Å². The van der Waals surface area contributed by atoms with Crippen LogP contribution < -0.4 is 30.7 Å². The lowest BCUT2D eigenvalue weighted by Crippen LogP contribution is -2.48. The van der Waals surface area contributed by atoms with Crippen molar-refractivity contribution in [3.05, 3.63) is 82.9 Å². The van der Waals surface area contributed by atoms with Crippen LogP contribution in [0.4, 0.5) is 0 Å². The Kier molecular flexibility index (Phi) is 17.9. The summed E-state index contributed by atoms with van der Waals surface area (Å²) in [6.45, 7) is 0.0687. The molecule has 0 aliphatic carbocycles. The minimum Gasteiger partial charge on any atom is -0.493 e. The Labute approximate surface area is 433 Å². The molecule has 4 aromatic carbocycles. The Balaban J connectivity index is 0.816. The van der Waals surface area contributed by atoms with Gasteiger partial charge in [0.1, 0.15) is 24.1 Å². The van der Waals surface area contributed by atoms with Crippen LogP contribution in [-0.2, 0) is 38.4 Å². The van der Waals surface area contributed by atoms with Gasteiger partial charge in [0, 0.05) is 108 Å². The predicted octanol–water partition coefficient (Wildman–Crippen LogP) is 1.70. The summed E-state index contributed by atoms with van der Waals surface area (Å²) in [5.74, 6) is -8.41. The molecule has 0 spiro atoms. The van der Waals surface area contributed by atoms with Crippen LogP contribution in [0.15, 0.2) is 60.7 Å². The minimum absolute atomic E-state index is 0.0489. The minimum atomic E-state index is -1.38. The van der Waals surface area contributed by atoms with Gasteiger partial charge in [0.15, 0.2) is 0 Å². The third-order valence-corrected chi connectivity index (χ3v) is 13.0. The topological polar surface area (TPSA) is 342 Å². The smallest absolute Gasteiger partial charge is 0.322 e. The number of hydrogen-bond acceptors (Lipinski definition) is 14. The number of rotatable bonds is 26. The van der Waals surface area contributed by atoms with E-state index in [1.807, 2.05) is 12.1 Å². The average molecular weight is 1050 g/mol. The number of carboxylic acid groups (broad SMARTS) is 3. The first-order valence-corrected chi connectivity index (χ1v) is 24.6. The summed E-state index contributed by atoms with van der Waals surface area (Å²) < 4.78 is 12.1. The third-order valence-electron chi connectivity index (χ3n) is 13.0. The number of piperidine rings is 1. The summed E-state index contributed by atoms with van der Waals surface area (Å²) in [5.41, 5.74) is 0.305. The number of fused-ring (bicyclic) bond motifs is 1. The fourth-order valence-corrected chi connectivity index (χ4v) is 9.21. The van der Waals surface area contributed by atoms with Gasteiger partial charge in [-0.25, -0.2) is 0 Å². The second-order valence-corrected chi connectivity index (χ2v) is 18.1. The molecule has 3 aliphatic rings. The standard InChI is InChI=1S/C52H55N7O17/c60-39(55-28-44(67)68)18-23-58-49(71)32-10-12-34-46-35(13-11-33(45(32)46)50(58)72)52(74)59(51(34)73)24-20-54-47(69)29-16-21-57(22-17-29)41(62)9-3-25-75-37-7-1-6-31-30(37)5-2-8-38(31)76-26-4-19-53-48(70)36(27-43(65)66)56-40(61)14-15-42(63)64/h1-2,5-8,10-13,29,36H,3-4,9,14-28H2,(H,53,70)(H,54,69)(H,55,60)(H,56,61)(H,63,64)(H,65,66)(H,67,68)/t36-/m1/s1. The highest BCUT2D eigenvalue weighted by molar-refractivity contribution is 6.33. The number of aliphatic carboxylic acids is 3. The van der Waals surface area contributed by atoms with Gasteiger partial charge in [-0.15, -0.1) is 0 Å². The number of ether oxygens (including phenoxy) is 2. The first kappa shape index (κ1) is 54.8. The van der Waals surface area contributed by atoms with E-state index in [4.69, 9.17) is 19.7 Å². The molecule has 3 heterocycles. The molecule has 4 aromatic rings. The second-order valence-electron chi connectivity index (χ2n) is 18.1. The zero-order valence-corrected chi connectivity index (χ0v) is 41.1. The Hall–Kier alpha value is -8.96. The molecule has 7 N–H and O–H groups in total. The molecule has 7 rings (SSSR count). The van der Waals surface area contributed by atoms with Gasteiger partial charge in [0.05, 0.1) is 26.1 Å². The van der Waals surface area contributed by atoms with Crippen molar-refractivity contribution in [2.45, 2.75) is 63.8 Å². The van der Waals surface area contributed by atoms with E-state index in [1.165, 1.54) is 24.3 Å². The number of carboxylic acids is 3. The summed E-state index contributed by atoms with van der Waals surface area (Å²) in [6, 6.07) is 15.1. The molecule has 24 heteroatoms. The van der Waals surface area contributed by atoms with Crippen molar-refractivity contribution in [2.24, 2.45) is 5.92 Å². The van der Waals surface area contributed by atoms with Crippen molar-refractivity contribution in [1.82, 2.24) is 36.0 Å². The molecule has 1 atom stereocenters. The van der Waals surface area contributed by atoms with Crippen LogP contribution in [0.25, 0.3) is 21.5 Å². The molecule has 0 saturated carbocycles. The van der Waals surface area contributed by atoms with Gasteiger partial charge in [-0.05, 0) is 62.1 Å². The van der Waals surface area contributed by atoms with Gasteiger partial charge in [-0.1, -0.05) is 24.3 Å². The largest absolute Gasteiger partial charge is 0.493 e. The number of nitrogens with zero attached hydrogens (tertiary/aromatic N) is 3. The molecule has 9 amide bonds. The quantitative estimate of drug-likeness (QED) is 0.0348. The van der Waals surface area contributed by atoms with Gasteiger partial charge >= 0.3 is 17.9 Å². The molecular weight excluding hydrogens is 995 g/mol. The number of hydrogen-bond donors (Lipinski definition) is 7. The van der Waals surface area contributed by atoms with E-state index in [0.29, 0.717) is 50.3 Å². The van der Waals surface area contributed by atoms with E-state index in [-0.39, 0.29) is 97.1 Å². The highest BCUT2D eigenvalue weighted by Crippen LogP contribution is 2.38. The van der Waals surface area contributed by atoms with Gasteiger partial charge < -0.3 is 51.0 Å². The Morgan fingerprint density at radius 1 is 0.566 bits per heavy atom.